The zero-order valence-electron chi connectivity index (χ0n) is 28.7. The first-order valence-electron chi connectivity index (χ1n) is 15.7. The number of hydrogen-bond donors (Lipinski definition) is 0. The van der Waals surface area contributed by atoms with Crippen LogP contribution in [-0.4, -0.2) is 23.9 Å². The maximum absolute atomic E-state index is 12.3. The molecule has 0 radical (unpaired) electrons. The normalized spacial score (nSPS) is 10.8. The van der Waals surface area contributed by atoms with Crippen LogP contribution in [0.3, 0.4) is 0 Å². The quantitative estimate of drug-likeness (QED) is 0.0636. The molecule has 0 aliphatic rings. The highest BCUT2D eigenvalue weighted by molar-refractivity contribution is 5.92. The van der Waals surface area contributed by atoms with E-state index in [9.17, 15) is 19.2 Å². The van der Waals surface area contributed by atoms with E-state index in [2.05, 4.69) is 19.7 Å². The Balaban J connectivity index is 1.51. The molecule has 8 nitrogen and oxygen atoms in total. The van der Waals surface area contributed by atoms with E-state index in [0.717, 1.165) is 33.4 Å². The number of esters is 4. The van der Waals surface area contributed by atoms with Crippen LogP contribution in [-0.2, 0) is 19.2 Å². The summed E-state index contributed by atoms with van der Waals surface area (Å²) >= 11 is 0. The van der Waals surface area contributed by atoms with E-state index in [1.54, 1.807) is 57.2 Å². The van der Waals surface area contributed by atoms with Crippen molar-refractivity contribution in [2.24, 2.45) is 5.92 Å². The van der Waals surface area contributed by atoms with Crippen molar-refractivity contribution in [3.63, 3.8) is 0 Å². The van der Waals surface area contributed by atoms with Crippen molar-refractivity contribution < 1.29 is 38.1 Å². The molecule has 4 aromatic rings. The highest BCUT2D eigenvalue weighted by Crippen LogP contribution is 2.35. The number of carbonyl (C=O) groups is 4. The minimum Gasteiger partial charge on any atom is -0.422 e. The molecule has 0 unspecified atom stereocenters. The molecule has 8 heteroatoms. The molecular formula is C42H38O8. The van der Waals surface area contributed by atoms with Gasteiger partial charge in [-0.2, -0.15) is 0 Å². The standard InChI is InChI=1S/C42H38O8/c1-25(2)39(43)47-35-21-19-33(23-37(35)49-41(45)27(5)6)31-15-11-29(12-16-31)9-10-30-13-17-32(18-14-30)34-20-22-36(48-40(44)26(3)4)38(24-34)50-42(46)28(7)8/h9-24,26H,1,5,7H2,2-4,6,8H3/b10-9+. The topological polar surface area (TPSA) is 105 Å². The lowest BCUT2D eigenvalue weighted by Crippen LogP contribution is -2.16. The molecule has 0 aliphatic carbocycles. The molecule has 0 heterocycles. The average Bonchev–Trinajstić information content (AvgIpc) is 3.09. The summed E-state index contributed by atoms with van der Waals surface area (Å²) in [7, 11) is 0. The summed E-state index contributed by atoms with van der Waals surface area (Å²) < 4.78 is 21.8. The molecule has 0 bridgehead atoms. The molecule has 50 heavy (non-hydrogen) atoms. The Kier molecular flexibility index (Phi) is 11.9. The highest BCUT2D eigenvalue weighted by atomic mass is 16.6. The van der Waals surface area contributed by atoms with E-state index in [1.807, 2.05) is 60.7 Å². The molecule has 0 atom stereocenters. The van der Waals surface area contributed by atoms with Crippen LogP contribution in [0.15, 0.2) is 121 Å². The molecule has 254 valence electrons. The van der Waals surface area contributed by atoms with Crippen LogP contribution < -0.4 is 18.9 Å². The van der Waals surface area contributed by atoms with Gasteiger partial charge < -0.3 is 18.9 Å². The lowest BCUT2D eigenvalue weighted by atomic mass is 10.0. The second-order valence-electron chi connectivity index (χ2n) is 12.0. The molecule has 0 spiro atoms. The van der Waals surface area contributed by atoms with Crippen molar-refractivity contribution in [2.75, 3.05) is 0 Å². The van der Waals surface area contributed by atoms with E-state index in [1.165, 1.54) is 13.8 Å². The van der Waals surface area contributed by atoms with E-state index in [-0.39, 0.29) is 45.6 Å². The fourth-order valence-electron chi connectivity index (χ4n) is 4.26. The zero-order valence-corrected chi connectivity index (χ0v) is 28.7. The van der Waals surface area contributed by atoms with Gasteiger partial charge in [-0.3, -0.25) is 4.79 Å². The second-order valence-corrected chi connectivity index (χ2v) is 12.0. The van der Waals surface area contributed by atoms with Crippen LogP contribution in [0, 0.1) is 5.92 Å². The van der Waals surface area contributed by atoms with Gasteiger partial charge in [-0.1, -0.05) is 106 Å². The first kappa shape index (κ1) is 36.6. The first-order chi connectivity index (χ1) is 23.7. The number of rotatable bonds is 12. The van der Waals surface area contributed by atoms with Crippen molar-refractivity contribution in [1.29, 1.82) is 0 Å². The monoisotopic (exact) mass is 670 g/mol. The van der Waals surface area contributed by atoms with Gasteiger partial charge >= 0.3 is 23.9 Å². The molecule has 0 fully saturated rings. The maximum atomic E-state index is 12.3. The van der Waals surface area contributed by atoms with E-state index in [0.29, 0.717) is 0 Å². The van der Waals surface area contributed by atoms with Crippen molar-refractivity contribution in [3.8, 4) is 45.3 Å². The third-order valence-electron chi connectivity index (χ3n) is 7.18. The Morgan fingerprint density at radius 2 is 0.800 bits per heavy atom. The molecule has 4 rings (SSSR count). The number of ether oxygens (including phenoxy) is 4. The summed E-state index contributed by atoms with van der Waals surface area (Å²) in [6.45, 7) is 18.9. The number of hydrogen-bond acceptors (Lipinski definition) is 8. The molecule has 0 aromatic heterocycles. The van der Waals surface area contributed by atoms with Crippen LogP contribution >= 0.6 is 0 Å². The summed E-state index contributed by atoms with van der Waals surface area (Å²) in [5.74, 6) is -2.22. The minimum atomic E-state index is -0.639. The maximum Gasteiger partial charge on any atom is 0.338 e. The fraction of sp³-hybridized carbons (Fsp3) is 0.143. The summed E-state index contributed by atoms with van der Waals surface area (Å²) in [6.07, 6.45) is 3.96. The number of carbonyl (C=O) groups excluding carboxylic acids is 4. The molecular weight excluding hydrogens is 632 g/mol. The van der Waals surface area contributed by atoms with E-state index >= 15 is 0 Å². The van der Waals surface area contributed by atoms with Crippen LogP contribution in [0.5, 0.6) is 23.0 Å². The second kappa shape index (κ2) is 16.2. The van der Waals surface area contributed by atoms with E-state index < -0.39 is 23.9 Å². The Morgan fingerprint density at radius 3 is 1.14 bits per heavy atom. The summed E-state index contributed by atoms with van der Waals surface area (Å²) in [4.78, 5) is 48.9. The zero-order chi connectivity index (χ0) is 36.5. The summed E-state index contributed by atoms with van der Waals surface area (Å²) in [6, 6.07) is 25.6. The van der Waals surface area contributed by atoms with Crippen LogP contribution in [0.4, 0.5) is 0 Å². The molecule has 0 amide bonds. The van der Waals surface area contributed by atoms with Gasteiger partial charge in [0.2, 0.25) is 0 Å². The summed E-state index contributed by atoms with van der Waals surface area (Å²) in [5.41, 5.74) is 5.78. The molecule has 0 N–H and O–H groups in total. The Morgan fingerprint density at radius 1 is 0.480 bits per heavy atom. The van der Waals surface area contributed by atoms with Crippen molar-refractivity contribution >= 4 is 36.0 Å². The third-order valence-corrected chi connectivity index (χ3v) is 7.18. The molecule has 4 aromatic carbocycles. The third kappa shape index (κ3) is 9.64. The lowest BCUT2D eigenvalue weighted by molar-refractivity contribution is -0.138. The predicted octanol–water partition coefficient (Wildman–Crippen LogP) is 9.20. The van der Waals surface area contributed by atoms with Crippen LogP contribution in [0.2, 0.25) is 0 Å². The van der Waals surface area contributed by atoms with Crippen LogP contribution in [0.1, 0.15) is 45.7 Å². The Bertz CT molecular complexity index is 2010. The van der Waals surface area contributed by atoms with Gasteiger partial charge in [0.05, 0.1) is 5.92 Å². The van der Waals surface area contributed by atoms with Crippen molar-refractivity contribution in [3.05, 3.63) is 133 Å². The van der Waals surface area contributed by atoms with Gasteiger partial charge in [-0.05, 0) is 78.4 Å². The van der Waals surface area contributed by atoms with Crippen molar-refractivity contribution in [2.45, 2.75) is 34.6 Å². The van der Waals surface area contributed by atoms with Crippen LogP contribution in [0.25, 0.3) is 34.4 Å². The van der Waals surface area contributed by atoms with Gasteiger partial charge in [-0.25, -0.2) is 14.4 Å². The van der Waals surface area contributed by atoms with Gasteiger partial charge in [-0.15, -0.1) is 0 Å². The Labute approximate surface area is 292 Å². The van der Waals surface area contributed by atoms with Gasteiger partial charge in [0, 0.05) is 16.7 Å². The van der Waals surface area contributed by atoms with Crippen molar-refractivity contribution in [1.82, 2.24) is 0 Å². The fourth-order valence-corrected chi connectivity index (χ4v) is 4.26. The SMILES string of the molecule is C=C(C)C(=O)Oc1ccc(-c2ccc(/C=C/c3ccc(-c4ccc(OC(=O)C(C)C)c(OC(=O)C(=C)C)c4)cc3)cc2)cc1OC(=O)C(=C)C. The summed E-state index contributed by atoms with van der Waals surface area (Å²) in [5, 5.41) is 0. The van der Waals surface area contributed by atoms with Gasteiger partial charge in [0.15, 0.2) is 23.0 Å². The van der Waals surface area contributed by atoms with Gasteiger partial charge in [0.1, 0.15) is 0 Å². The van der Waals surface area contributed by atoms with Gasteiger partial charge in [0.25, 0.3) is 0 Å². The highest BCUT2D eigenvalue weighted by Gasteiger charge is 2.18. The lowest BCUT2D eigenvalue weighted by Gasteiger charge is -2.13. The first-order valence-corrected chi connectivity index (χ1v) is 15.7. The molecule has 0 saturated carbocycles. The predicted molar refractivity (Wildman–Crippen MR) is 195 cm³/mol. The molecule has 0 aliphatic heterocycles. The van der Waals surface area contributed by atoms with E-state index in [4.69, 9.17) is 18.9 Å². The number of benzene rings is 4. The molecule has 0 saturated heterocycles. The average molecular weight is 671 g/mol. The Hall–Kier alpha value is -6.28. The smallest absolute Gasteiger partial charge is 0.338 e. The minimum absolute atomic E-state index is 0.0899. The largest absolute Gasteiger partial charge is 0.422 e.